The molecule has 48 heavy (non-hydrogen) atoms. The van der Waals surface area contributed by atoms with E-state index in [4.69, 9.17) is 9.47 Å². The summed E-state index contributed by atoms with van der Waals surface area (Å²) in [5, 5.41) is 1.42. The van der Waals surface area contributed by atoms with Gasteiger partial charge in [-0.05, 0) is 48.0 Å². The summed E-state index contributed by atoms with van der Waals surface area (Å²) in [7, 11) is 1.28. The Morgan fingerprint density at radius 3 is 2.38 bits per heavy atom. The lowest BCUT2D eigenvalue weighted by atomic mass is 9.83. The Morgan fingerprint density at radius 2 is 1.67 bits per heavy atom. The van der Waals surface area contributed by atoms with Gasteiger partial charge in [0.15, 0.2) is 18.1 Å². The van der Waals surface area contributed by atoms with Crippen LogP contribution < -0.4 is 24.6 Å². The first-order valence-electron chi connectivity index (χ1n) is 13.9. The monoisotopic (exact) mass is 709 g/mol. The number of H-pyrrole nitrogens is 1. The van der Waals surface area contributed by atoms with E-state index in [0.717, 1.165) is 58.3 Å². The predicted octanol–water partition coefficient (Wildman–Crippen LogP) is 6.30. The molecule has 0 aliphatic carbocycles. The first kappa shape index (κ1) is 33.1. The van der Waals surface area contributed by atoms with E-state index in [1.165, 1.54) is 43.5 Å². The summed E-state index contributed by atoms with van der Waals surface area (Å²) in [6.07, 6.45) is -9.42. The van der Waals surface area contributed by atoms with E-state index in [1.54, 1.807) is 0 Å². The second-order valence-electron chi connectivity index (χ2n) is 10.6. The zero-order valence-corrected chi connectivity index (χ0v) is 25.9. The Bertz CT molecular complexity index is 1990. The van der Waals surface area contributed by atoms with Gasteiger partial charge in [-0.15, -0.1) is 0 Å². The standard InChI is InChI=1S/C31H21F6N3O6S2/c1-45-20-11-14(9-10-19(20)46-13-21(41)38-18-8-3-2-7-17(18)31(35,36)37)22-23-25(47-26-24(22)48-29(44)39-26)28(43)40(27(23)42)16-6-4-5-15(12-16)30(32,33)34/h2-12,22-23,25H,13H2,1H3,(H,38,41)(H,39,44)/t22-,23?,25?/m1/s1. The number of hydrogen-bond acceptors (Lipinski definition) is 8. The molecule has 3 heterocycles. The van der Waals surface area contributed by atoms with Crippen LogP contribution in [0.4, 0.5) is 37.7 Å². The number of anilines is 2. The van der Waals surface area contributed by atoms with Gasteiger partial charge in [-0.2, -0.15) is 26.3 Å². The number of rotatable bonds is 7. The number of methoxy groups -OCH3 is 1. The molecule has 1 aromatic heterocycles. The molecule has 1 fully saturated rings. The molecule has 0 saturated carbocycles. The van der Waals surface area contributed by atoms with E-state index in [2.05, 4.69) is 10.3 Å². The maximum absolute atomic E-state index is 13.9. The van der Waals surface area contributed by atoms with Gasteiger partial charge in [-0.25, -0.2) is 4.90 Å². The van der Waals surface area contributed by atoms with Gasteiger partial charge >= 0.3 is 17.2 Å². The van der Waals surface area contributed by atoms with Crippen molar-refractivity contribution in [1.82, 2.24) is 4.98 Å². The molecule has 9 nitrogen and oxygen atoms in total. The zero-order chi connectivity index (χ0) is 34.5. The number of nitrogens with one attached hydrogen (secondary N) is 2. The Labute approximate surface area is 274 Å². The van der Waals surface area contributed by atoms with Crippen molar-refractivity contribution in [2.45, 2.75) is 28.5 Å². The number of amides is 3. The first-order chi connectivity index (χ1) is 22.7. The van der Waals surface area contributed by atoms with Crippen molar-refractivity contribution in [2.75, 3.05) is 23.9 Å². The molecule has 0 bridgehead atoms. The smallest absolute Gasteiger partial charge is 0.418 e. The lowest BCUT2D eigenvalue weighted by Gasteiger charge is -2.30. The average Bonchev–Trinajstić information content (AvgIpc) is 3.53. The third kappa shape index (κ3) is 6.14. The molecule has 0 radical (unpaired) electrons. The van der Waals surface area contributed by atoms with Gasteiger partial charge in [0.25, 0.3) is 5.91 Å². The fourth-order valence-corrected chi connectivity index (χ4v) is 8.13. The summed E-state index contributed by atoms with van der Waals surface area (Å²) in [5.41, 5.74) is -2.39. The Balaban J connectivity index is 1.29. The molecule has 3 amide bonds. The van der Waals surface area contributed by atoms with Gasteiger partial charge in [0.1, 0.15) is 5.25 Å². The van der Waals surface area contributed by atoms with Crippen LogP contribution in [0.2, 0.25) is 0 Å². The molecule has 17 heteroatoms. The maximum Gasteiger partial charge on any atom is 0.418 e. The number of carbonyl (C=O) groups is 3. The second kappa shape index (κ2) is 12.4. The number of nitrogens with zero attached hydrogens (tertiary/aromatic N) is 1. The lowest BCUT2D eigenvalue weighted by molar-refractivity contribution is -0.138. The van der Waals surface area contributed by atoms with Crippen LogP contribution in [0, 0.1) is 5.92 Å². The zero-order valence-electron chi connectivity index (χ0n) is 24.3. The number of imide groups is 1. The molecule has 2 aliphatic heterocycles. The second-order valence-corrected chi connectivity index (χ2v) is 12.8. The molecule has 2 N–H and O–H groups in total. The minimum atomic E-state index is -4.72. The van der Waals surface area contributed by atoms with Gasteiger partial charge in [-0.3, -0.25) is 19.2 Å². The van der Waals surface area contributed by atoms with Crippen LogP contribution in [-0.4, -0.2) is 41.7 Å². The molecule has 1 saturated heterocycles. The molecular weight excluding hydrogens is 688 g/mol. The number of para-hydroxylation sites is 1. The van der Waals surface area contributed by atoms with Crippen LogP contribution >= 0.6 is 23.1 Å². The fourth-order valence-electron chi connectivity index (χ4n) is 5.62. The molecule has 3 atom stereocenters. The van der Waals surface area contributed by atoms with Gasteiger partial charge < -0.3 is 19.8 Å². The number of aromatic amines is 1. The van der Waals surface area contributed by atoms with Crippen molar-refractivity contribution in [3.8, 4) is 11.5 Å². The van der Waals surface area contributed by atoms with Crippen LogP contribution in [0.15, 0.2) is 76.6 Å². The van der Waals surface area contributed by atoms with Crippen molar-refractivity contribution < 1.29 is 50.2 Å². The molecule has 0 spiro atoms. The van der Waals surface area contributed by atoms with Gasteiger partial charge in [0.05, 0.1) is 40.6 Å². The van der Waals surface area contributed by atoms with Gasteiger partial charge in [0, 0.05) is 10.8 Å². The topological polar surface area (TPSA) is 118 Å². The fraction of sp³-hybridized carbons (Fsp3) is 0.226. The van der Waals surface area contributed by atoms with Crippen molar-refractivity contribution in [1.29, 1.82) is 0 Å². The normalized spacial score (nSPS) is 19.1. The van der Waals surface area contributed by atoms with E-state index < -0.39 is 75.5 Å². The summed E-state index contributed by atoms with van der Waals surface area (Å²) in [5.74, 6) is -4.35. The molecule has 2 aliphatic rings. The van der Waals surface area contributed by atoms with Crippen molar-refractivity contribution >= 4 is 52.2 Å². The quantitative estimate of drug-likeness (QED) is 0.171. The Hall–Kier alpha value is -4.77. The largest absolute Gasteiger partial charge is 0.493 e. The summed E-state index contributed by atoms with van der Waals surface area (Å²) < 4.78 is 91.3. The minimum Gasteiger partial charge on any atom is -0.493 e. The number of hydrogen-bond donors (Lipinski definition) is 2. The summed E-state index contributed by atoms with van der Waals surface area (Å²) in [6, 6.07) is 12.7. The van der Waals surface area contributed by atoms with Crippen LogP contribution in [-0.2, 0) is 26.7 Å². The van der Waals surface area contributed by atoms with E-state index in [0.29, 0.717) is 15.5 Å². The minimum absolute atomic E-state index is 0.0177. The van der Waals surface area contributed by atoms with E-state index in [9.17, 15) is 45.5 Å². The number of ether oxygens (including phenoxy) is 2. The number of thiazole rings is 1. The third-order valence-electron chi connectivity index (χ3n) is 7.67. The molecule has 3 aromatic carbocycles. The number of aromatic nitrogens is 1. The summed E-state index contributed by atoms with van der Waals surface area (Å²) >= 11 is 1.76. The number of benzene rings is 3. The Kier molecular flexibility index (Phi) is 8.53. The molecule has 2 unspecified atom stereocenters. The maximum atomic E-state index is 13.9. The van der Waals surface area contributed by atoms with Crippen LogP contribution in [0.5, 0.6) is 11.5 Å². The highest BCUT2D eigenvalue weighted by Crippen LogP contribution is 2.54. The number of carbonyl (C=O) groups excluding carboxylic acids is 3. The van der Waals surface area contributed by atoms with E-state index in [-0.39, 0.29) is 17.2 Å². The third-order valence-corrected chi connectivity index (χ3v) is 10.1. The van der Waals surface area contributed by atoms with Crippen molar-refractivity contribution in [3.63, 3.8) is 0 Å². The van der Waals surface area contributed by atoms with E-state index in [1.807, 2.05) is 0 Å². The van der Waals surface area contributed by atoms with Crippen molar-refractivity contribution in [3.05, 3.63) is 98.0 Å². The number of thioether (sulfide) groups is 1. The van der Waals surface area contributed by atoms with E-state index >= 15 is 0 Å². The lowest BCUT2D eigenvalue weighted by Crippen LogP contribution is -2.32. The van der Waals surface area contributed by atoms with Crippen molar-refractivity contribution in [2.24, 2.45) is 5.92 Å². The van der Waals surface area contributed by atoms with Gasteiger partial charge in [-0.1, -0.05) is 47.4 Å². The molecule has 250 valence electrons. The highest BCUT2D eigenvalue weighted by molar-refractivity contribution is 8.00. The number of fused-ring (bicyclic) bond motifs is 2. The highest BCUT2D eigenvalue weighted by Gasteiger charge is 2.56. The van der Waals surface area contributed by atoms with Crippen LogP contribution in [0.3, 0.4) is 0 Å². The highest BCUT2D eigenvalue weighted by atomic mass is 32.2. The molecule has 6 rings (SSSR count). The van der Waals surface area contributed by atoms with Crippen LogP contribution in [0.25, 0.3) is 0 Å². The predicted molar refractivity (Wildman–Crippen MR) is 162 cm³/mol. The molecule has 4 aromatic rings. The van der Waals surface area contributed by atoms with Gasteiger partial charge in [0.2, 0.25) is 11.8 Å². The summed E-state index contributed by atoms with van der Waals surface area (Å²) in [4.78, 5) is 55.8. The van der Waals surface area contributed by atoms with Crippen LogP contribution in [0.1, 0.15) is 27.5 Å². The first-order valence-corrected chi connectivity index (χ1v) is 15.6. The number of alkyl halides is 6. The SMILES string of the molecule is COc1cc([C@H]2c3sc(=O)[nH]c3SC3C(=O)N(c4cccc(C(F)(F)F)c4)C(=O)C32)ccc1OCC(=O)Nc1ccccc1C(F)(F)F. The molecular formula is C31H21F6N3O6S2. The summed E-state index contributed by atoms with van der Waals surface area (Å²) in [6.45, 7) is -0.699. The number of halogens is 6. The average molecular weight is 710 g/mol. The Morgan fingerprint density at radius 1 is 0.917 bits per heavy atom.